The molecule has 1 amide bonds. The molecule has 162 valence electrons. The Morgan fingerprint density at radius 1 is 1.26 bits per heavy atom. The molecule has 10 heteroatoms. The average Bonchev–Trinajstić information content (AvgIpc) is 3.40. The summed E-state index contributed by atoms with van der Waals surface area (Å²) >= 11 is 0. The number of benzene rings is 1. The van der Waals surface area contributed by atoms with Crippen LogP contribution in [-0.2, 0) is 17.8 Å². The van der Waals surface area contributed by atoms with Crippen LogP contribution >= 0.6 is 0 Å². The van der Waals surface area contributed by atoms with Crippen molar-refractivity contribution in [3.63, 3.8) is 0 Å². The van der Waals surface area contributed by atoms with Crippen molar-refractivity contribution in [3.05, 3.63) is 59.6 Å². The fraction of sp³-hybridized carbons (Fsp3) is 0.429. The van der Waals surface area contributed by atoms with Gasteiger partial charge in [0.2, 0.25) is 5.91 Å². The Morgan fingerprint density at radius 2 is 2.10 bits per heavy atom. The Balaban J connectivity index is 1.36. The maximum Gasteiger partial charge on any atom is 0.245 e. The fourth-order valence-corrected chi connectivity index (χ4v) is 4.44. The molecular weight excluding hydrogens is 401 g/mol. The Morgan fingerprint density at radius 3 is 2.94 bits per heavy atom. The number of anilines is 1. The summed E-state index contributed by atoms with van der Waals surface area (Å²) < 4.78 is 17.8. The van der Waals surface area contributed by atoms with Gasteiger partial charge in [-0.05, 0) is 25.3 Å². The molecule has 2 aliphatic heterocycles. The molecule has 2 aliphatic rings. The summed E-state index contributed by atoms with van der Waals surface area (Å²) in [6.45, 7) is 0.547. The maximum atomic E-state index is 14.4. The zero-order valence-electron chi connectivity index (χ0n) is 17.1. The predicted molar refractivity (Wildman–Crippen MR) is 110 cm³/mol. The molecule has 0 bridgehead atoms. The topological polar surface area (TPSA) is 101 Å². The predicted octanol–water partition coefficient (Wildman–Crippen LogP) is 1.56. The van der Waals surface area contributed by atoms with E-state index in [2.05, 4.69) is 20.5 Å². The molecule has 3 aromatic rings. The van der Waals surface area contributed by atoms with Gasteiger partial charge in [-0.2, -0.15) is 10.2 Å². The van der Waals surface area contributed by atoms with Crippen molar-refractivity contribution in [1.82, 2.24) is 29.9 Å². The highest BCUT2D eigenvalue weighted by Crippen LogP contribution is 2.31. The molecule has 3 atom stereocenters. The first-order valence-corrected chi connectivity index (χ1v) is 10.5. The molecule has 0 saturated carbocycles. The Hall–Kier alpha value is -3.11. The smallest absolute Gasteiger partial charge is 0.245 e. The molecule has 4 heterocycles. The summed E-state index contributed by atoms with van der Waals surface area (Å²) in [4.78, 5) is 18.9. The van der Waals surface area contributed by atoms with E-state index in [0.717, 1.165) is 12.8 Å². The molecule has 0 radical (unpaired) electrons. The maximum absolute atomic E-state index is 14.4. The van der Waals surface area contributed by atoms with Crippen LogP contribution in [0.2, 0.25) is 0 Å². The van der Waals surface area contributed by atoms with Gasteiger partial charge in [-0.3, -0.25) is 15.0 Å². The van der Waals surface area contributed by atoms with Crippen molar-refractivity contribution >= 4 is 11.7 Å². The van der Waals surface area contributed by atoms with Gasteiger partial charge < -0.3 is 5.11 Å². The van der Waals surface area contributed by atoms with Crippen molar-refractivity contribution in [2.24, 2.45) is 0 Å². The second kappa shape index (κ2) is 7.86. The summed E-state index contributed by atoms with van der Waals surface area (Å²) in [6.07, 6.45) is 3.23. The Bertz CT molecular complexity index is 1110. The number of fused-ring (bicyclic) bond motifs is 2. The minimum Gasteiger partial charge on any atom is -0.371 e. The van der Waals surface area contributed by atoms with Gasteiger partial charge in [0, 0.05) is 31.6 Å². The van der Waals surface area contributed by atoms with E-state index < -0.39 is 12.3 Å². The van der Waals surface area contributed by atoms with E-state index in [-0.39, 0.29) is 23.6 Å². The lowest BCUT2D eigenvalue weighted by atomic mass is 9.97. The van der Waals surface area contributed by atoms with Crippen molar-refractivity contribution in [1.29, 1.82) is 0 Å². The molecule has 0 saturated heterocycles. The molecule has 2 N–H and O–H groups in total. The number of hydrogen-bond acceptors (Lipinski definition) is 6. The van der Waals surface area contributed by atoms with Crippen molar-refractivity contribution < 1.29 is 14.3 Å². The molecule has 2 unspecified atom stereocenters. The molecule has 0 spiro atoms. The monoisotopic (exact) mass is 425 g/mol. The number of rotatable bonds is 4. The van der Waals surface area contributed by atoms with Gasteiger partial charge in [0.05, 0.1) is 18.3 Å². The number of carbonyl (C=O) groups is 1. The minimum atomic E-state index is -1.22. The van der Waals surface area contributed by atoms with Crippen LogP contribution in [0.4, 0.5) is 10.2 Å². The number of aliphatic hydroxyl groups excluding tert-OH is 1. The standard InChI is InChI=1S/C21H24FN7O2/c1-27-18-9-11-23-28(18)12-10-15(21(27)31)24-20(30)19-25-17-8-4-7-16(29(17)26-19)13-5-2-3-6-14(13)22/h2-3,5-6,9,11,15-16,20,24,30H,4,7-8,10,12H2,1H3/t15-,16?,20?/m0/s1. The second-order valence-electron chi connectivity index (χ2n) is 7.98. The van der Waals surface area contributed by atoms with E-state index in [1.165, 1.54) is 11.0 Å². The third-order valence-corrected chi connectivity index (χ3v) is 6.06. The lowest BCUT2D eigenvalue weighted by molar-refractivity contribution is -0.121. The lowest BCUT2D eigenvalue weighted by Gasteiger charge is -2.24. The first-order chi connectivity index (χ1) is 15.0. The number of aryl methyl sites for hydroxylation is 2. The average molecular weight is 425 g/mol. The van der Waals surface area contributed by atoms with Gasteiger partial charge >= 0.3 is 0 Å². The van der Waals surface area contributed by atoms with E-state index in [1.54, 1.807) is 46.9 Å². The molecular formula is C21H24FN7O2. The highest BCUT2D eigenvalue weighted by molar-refractivity contribution is 5.96. The third kappa shape index (κ3) is 3.51. The van der Waals surface area contributed by atoms with Crippen molar-refractivity contribution in [3.8, 4) is 0 Å². The van der Waals surface area contributed by atoms with E-state index in [4.69, 9.17) is 0 Å². The number of hydrogen-bond donors (Lipinski definition) is 2. The van der Waals surface area contributed by atoms with Gasteiger partial charge in [-0.25, -0.2) is 18.7 Å². The van der Waals surface area contributed by atoms with Crippen LogP contribution in [0.25, 0.3) is 0 Å². The number of likely N-dealkylation sites (N-methyl/N-ethyl adjacent to an activating group) is 1. The van der Waals surface area contributed by atoms with E-state index in [0.29, 0.717) is 36.6 Å². The molecule has 2 aromatic heterocycles. The highest BCUT2D eigenvalue weighted by atomic mass is 19.1. The summed E-state index contributed by atoms with van der Waals surface area (Å²) in [6, 6.07) is 7.58. The largest absolute Gasteiger partial charge is 0.371 e. The third-order valence-electron chi connectivity index (χ3n) is 6.06. The molecule has 1 aromatic carbocycles. The molecule has 9 nitrogen and oxygen atoms in total. The van der Waals surface area contributed by atoms with Gasteiger partial charge in [0.15, 0.2) is 12.1 Å². The van der Waals surface area contributed by atoms with E-state index in [9.17, 15) is 14.3 Å². The number of carbonyl (C=O) groups excluding carboxylic acids is 1. The van der Waals surface area contributed by atoms with Crippen LogP contribution in [0.1, 0.15) is 48.7 Å². The zero-order chi connectivity index (χ0) is 21.5. The lowest BCUT2D eigenvalue weighted by Crippen LogP contribution is -2.45. The number of halogens is 1. The first-order valence-electron chi connectivity index (χ1n) is 10.5. The number of aliphatic hydroxyl groups is 1. The van der Waals surface area contributed by atoms with Crippen LogP contribution in [0.3, 0.4) is 0 Å². The Kier molecular flexibility index (Phi) is 5.03. The van der Waals surface area contributed by atoms with Crippen LogP contribution in [-0.4, -0.2) is 48.6 Å². The summed E-state index contributed by atoms with van der Waals surface area (Å²) in [5.41, 5.74) is 0.567. The normalized spacial score (nSPS) is 22.0. The van der Waals surface area contributed by atoms with Crippen molar-refractivity contribution in [2.45, 2.75) is 50.5 Å². The number of nitrogens with one attached hydrogen (secondary N) is 1. The van der Waals surface area contributed by atoms with Gasteiger partial charge in [0.1, 0.15) is 17.5 Å². The van der Waals surface area contributed by atoms with Crippen LogP contribution in [0, 0.1) is 5.82 Å². The minimum absolute atomic E-state index is 0.161. The number of amides is 1. The molecule has 31 heavy (non-hydrogen) atoms. The molecule has 5 rings (SSSR count). The highest BCUT2D eigenvalue weighted by Gasteiger charge is 2.32. The van der Waals surface area contributed by atoms with Crippen LogP contribution < -0.4 is 10.2 Å². The summed E-state index contributed by atoms with van der Waals surface area (Å²) in [5.74, 6) is 1.18. The summed E-state index contributed by atoms with van der Waals surface area (Å²) in [7, 11) is 1.69. The first kappa shape index (κ1) is 19.8. The number of aromatic nitrogens is 5. The summed E-state index contributed by atoms with van der Waals surface area (Å²) in [5, 5.41) is 22.5. The van der Waals surface area contributed by atoms with Gasteiger partial charge in [-0.15, -0.1) is 0 Å². The van der Waals surface area contributed by atoms with E-state index >= 15 is 0 Å². The van der Waals surface area contributed by atoms with Crippen molar-refractivity contribution in [2.75, 3.05) is 11.9 Å². The fourth-order valence-electron chi connectivity index (χ4n) is 4.44. The Labute approximate surface area is 178 Å². The second-order valence-corrected chi connectivity index (χ2v) is 7.98. The number of nitrogens with zero attached hydrogens (tertiary/aromatic N) is 6. The zero-order valence-corrected chi connectivity index (χ0v) is 17.1. The van der Waals surface area contributed by atoms with Gasteiger partial charge in [0.25, 0.3) is 0 Å². The quantitative estimate of drug-likeness (QED) is 0.615. The molecule has 0 aliphatic carbocycles. The van der Waals surface area contributed by atoms with Gasteiger partial charge in [-0.1, -0.05) is 18.2 Å². The molecule has 0 fully saturated rings. The van der Waals surface area contributed by atoms with Crippen LogP contribution in [0.15, 0.2) is 36.5 Å². The van der Waals surface area contributed by atoms with Crippen LogP contribution in [0.5, 0.6) is 0 Å². The SMILES string of the molecule is CN1C(=O)[C@@H](NC(O)c2nc3n(n2)C(c2ccccc2F)CCC3)CCn2nccc21. The van der Waals surface area contributed by atoms with E-state index in [1.807, 2.05) is 0 Å².